The van der Waals surface area contributed by atoms with Crippen LogP contribution in [0.4, 0.5) is 5.82 Å². The average Bonchev–Trinajstić information content (AvgIpc) is 2.35. The number of hydrogen-bond acceptors (Lipinski definition) is 4. The van der Waals surface area contributed by atoms with Gasteiger partial charge in [-0.05, 0) is 29.7 Å². The third-order valence-electron chi connectivity index (χ3n) is 2.14. The largest absolute Gasteiger partial charge is 0.368 e. The highest BCUT2D eigenvalue weighted by molar-refractivity contribution is 6.33. The molecule has 88 valence electrons. The molecule has 0 saturated carbocycles. The van der Waals surface area contributed by atoms with Gasteiger partial charge >= 0.3 is 0 Å². The summed E-state index contributed by atoms with van der Waals surface area (Å²) in [6, 6.07) is 3.92. The van der Waals surface area contributed by atoms with Gasteiger partial charge in [-0.25, -0.2) is 4.98 Å². The smallest absolute Gasteiger partial charge is 0.224 e. The van der Waals surface area contributed by atoms with Gasteiger partial charge in [-0.2, -0.15) is 4.98 Å². The summed E-state index contributed by atoms with van der Waals surface area (Å²) < 4.78 is 0. The number of anilines is 1. The van der Waals surface area contributed by atoms with Crippen molar-refractivity contribution < 1.29 is 0 Å². The maximum Gasteiger partial charge on any atom is 0.224 e. The van der Waals surface area contributed by atoms with E-state index in [0.29, 0.717) is 17.4 Å². The lowest BCUT2D eigenvalue weighted by Crippen LogP contribution is -2.07. The van der Waals surface area contributed by atoms with E-state index in [0.717, 1.165) is 12.0 Å². The first-order chi connectivity index (χ1) is 8.25. The lowest BCUT2D eigenvalue weighted by molar-refractivity contribution is 0.988. The van der Waals surface area contributed by atoms with Gasteiger partial charge in [-0.3, -0.25) is 4.98 Å². The van der Waals surface area contributed by atoms with Crippen LogP contribution in [-0.2, 0) is 6.42 Å². The Bertz CT molecular complexity index is 490. The normalized spacial score (nSPS) is 10.2. The van der Waals surface area contributed by atoms with Gasteiger partial charge in [0.2, 0.25) is 5.28 Å². The highest BCUT2D eigenvalue weighted by atomic mass is 35.5. The lowest BCUT2D eigenvalue weighted by atomic mass is 10.2. The van der Waals surface area contributed by atoms with E-state index in [2.05, 4.69) is 20.3 Å². The molecule has 0 aromatic carbocycles. The summed E-state index contributed by atoms with van der Waals surface area (Å²) in [4.78, 5) is 11.8. The zero-order chi connectivity index (χ0) is 12.1. The summed E-state index contributed by atoms with van der Waals surface area (Å²) in [5.74, 6) is 0.551. The van der Waals surface area contributed by atoms with Crippen LogP contribution in [0.1, 0.15) is 5.56 Å². The Morgan fingerprint density at radius 1 is 1.24 bits per heavy atom. The van der Waals surface area contributed by atoms with Crippen molar-refractivity contribution in [1.29, 1.82) is 0 Å². The monoisotopic (exact) mass is 268 g/mol. The van der Waals surface area contributed by atoms with Gasteiger partial charge < -0.3 is 5.32 Å². The van der Waals surface area contributed by atoms with Gasteiger partial charge in [0, 0.05) is 18.9 Å². The van der Waals surface area contributed by atoms with Crippen molar-refractivity contribution in [1.82, 2.24) is 15.0 Å². The zero-order valence-electron chi connectivity index (χ0n) is 8.90. The standard InChI is InChI=1S/C11H10Cl2N4/c12-9-7-16-11(13)17-10(9)15-5-3-8-2-1-4-14-6-8/h1-2,4,6-7H,3,5H2,(H,15,16,17). The van der Waals surface area contributed by atoms with Crippen LogP contribution in [0.25, 0.3) is 0 Å². The molecule has 2 heterocycles. The fraction of sp³-hybridized carbons (Fsp3) is 0.182. The maximum atomic E-state index is 5.92. The van der Waals surface area contributed by atoms with E-state index in [1.807, 2.05) is 18.3 Å². The fourth-order valence-electron chi connectivity index (χ4n) is 1.34. The van der Waals surface area contributed by atoms with Crippen molar-refractivity contribution in [2.24, 2.45) is 0 Å². The molecule has 0 bridgehead atoms. The molecule has 0 atom stereocenters. The molecule has 4 nitrogen and oxygen atoms in total. The molecule has 0 amide bonds. The number of pyridine rings is 1. The second-order valence-corrected chi connectivity index (χ2v) is 4.12. The Morgan fingerprint density at radius 3 is 2.88 bits per heavy atom. The molecule has 2 rings (SSSR count). The minimum absolute atomic E-state index is 0.179. The summed E-state index contributed by atoms with van der Waals surface area (Å²) in [5, 5.41) is 3.74. The lowest BCUT2D eigenvalue weighted by Gasteiger charge is -2.06. The van der Waals surface area contributed by atoms with E-state index >= 15 is 0 Å². The maximum absolute atomic E-state index is 5.92. The minimum atomic E-state index is 0.179. The fourth-order valence-corrected chi connectivity index (χ4v) is 1.63. The molecule has 0 fully saturated rings. The molecule has 0 unspecified atom stereocenters. The molecule has 1 N–H and O–H groups in total. The van der Waals surface area contributed by atoms with Crippen LogP contribution in [0.3, 0.4) is 0 Å². The number of nitrogens with one attached hydrogen (secondary N) is 1. The van der Waals surface area contributed by atoms with E-state index in [4.69, 9.17) is 23.2 Å². The van der Waals surface area contributed by atoms with Crippen molar-refractivity contribution in [2.45, 2.75) is 6.42 Å². The SMILES string of the molecule is Clc1ncc(Cl)c(NCCc2cccnc2)n1. The highest BCUT2D eigenvalue weighted by Gasteiger charge is 2.03. The summed E-state index contributed by atoms with van der Waals surface area (Å²) in [6.45, 7) is 0.707. The molecule has 6 heteroatoms. The van der Waals surface area contributed by atoms with Crippen LogP contribution >= 0.6 is 23.2 Å². The van der Waals surface area contributed by atoms with Crippen LogP contribution in [0.2, 0.25) is 10.3 Å². The average molecular weight is 269 g/mol. The minimum Gasteiger partial charge on any atom is -0.368 e. The summed E-state index contributed by atoms with van der Waals surface area (Å²) in [5.41, 5.74) is 1.15. The Morgan fingerprint density at radius 2 is 2.12 bits per heavy atom. The van der Waals surface area contributed by atoms with E-state index in [1.54, 1.807) is 6.20 Å². The second-order valence-electron chi connectivity index (χ2n) is 3.37. The Hall–Kier alpha value is -1.39. The third kappa shape index (κ3) is 3.54. The van der Waals surface area contributed by atoms with Crippen LogP contribution in [0, 0.1) is 0 Å². The number of nitrogens with zero attached hydrogens (tertiary/aromatic N) is 3. The van der Waals surface area contributed by atoms with Gasteiger partial charge in [-0.1, -0.05) is 17.7 Å². The Labute approximate surface area is 109 Å². The highest BCUT2D eigenvalue weighted by Crippen LogP contribution is 2.19. The Balaban J connectivity index is 1.92. The van der Waals surface area contributed by atoms with Crippen molar-refractivity contribution >= 4 is 29.0 Å². The first-order valence-electron chi connectivity index (χ1n) is 5.06. The van der Waals surface area contributed by atoms with Crippen LogP contribution < -0.4 is 5.32 Å². The molecule has 0 aliphatic carbocycles. The van der Waals surface area contributed by atoms with Crippen molar-refractivity contribution in [3.8, 4) is 0 Å². The van der Waals surface area contributed by atoms with E-state index < -0.39 is 0 Å². The predicted molar refractivity (Wildman–Crippen MR) is 68.5 cm³/mol. The number of aromatic nitrogens is 3. The Kier molecular flexibility index (Phi) is 4.12. The van der Waals surface area contributed by atoms with Crippen LogP contribution in [0.5, 0.6) is 0 Å². The molecule has 0 spiro atoms. The summed E-state index contributed by atoms with van der Waals surface area (Å²) in [6.07, 6.45) is 5.89. The van der Waals surface area contributed by atoms with Gasteiger partial charge in [0.05, 0.1) is 6.20 Å². The molecule has 17 heavy (non-hydrogen) atoms. The number of hydrogen-bond donors (Lipinski definition) is 1. The zero-order valence-corrected chi connectivity index (χ0v) is 10.4. The van der Waals surface area contributed by atoms with Crippen molar-refractivity contribution in [2.75, 3.05) is 11.9 Å². The molecule has 0 saturated heterocycles. The van der Waals surface area contributed by atoms with Crippen LogP contribution in [0.15, 0.2) is 30.7 Å². The van der Waals surface area contributed by atoms with Crippen LogP contribution in [-0.4, -0.2) is 21.5 Å². The summed E-state index contributed by atoms with van der Waals surface area (Å²) >= 11 is 11.6. The molecule has 2 aromatic rings. The van der Waals surface area contributed by atoms with Gasteiger partial charge in [0.25, 0.3) is 0 Å². The second kappa shape index (κ2) is 5.80. The molecule has 2 aromatic heterocycles. The number of halogens is 2. The van der Waals surface area contributed by atoms with Gasteiger partial charge in [0.1, 0.15) is 10.8 Å². The van der Waals surface area contributed by atoms with Gasteiger partial charge in [0.15, 0.2) is 0 Å². The first-order valence-corrected chi connectivity index (χ1v) is 5.82. The van der Waals surface area contributed by atoms with E-state index in [-0.39, 0.29) is 5.28 Å². The van der Waals surface area contributed by atoms with E-state index in [1.165, 1.54) is 6.20 Å². The topological polar surface area (TPSA) is 50.7 Å². The molecule has 0 aliphatic rings. The quantitative estimate of drug-likeness (QED) is 0.867. The van der Waals surface area contributed by atoms with Crippen molar-refractivity contribution in [3.63, 3.8) is 0 Å². The van der Waals surface area contributed by atoms with Crippen molar-refractivity contribution in [3.05, 3.63) is 46.6 Å². The van der Waals surface area contributed by atoms with Gasteiger partial charge in [-0.15, -0.1) is 0 Å². The molecular weight excluding hydrogens is 259 g/mol. The first kappa shape index (κ1) is 12.1. The molecule has 0 aliphatic heterocycles. The molecular formula is C11H10Cl2N4. The summed E-state index contributed by atoms with van der Waals surface area (Å²) in [7, 11) is 0. The molecule has 0 radical (unpaired) electrons. The number of rotatable bonds is 4. The third-order valence-corrected chi connectivity index (χ3v) is 2.60. The predicted octanol–water partition coefficient (Wildman–Crippen LogP) is 2.83. The van der Waals surface area contributed by atoms with E-state index in [9.17, 15) is 0 Å².